The molecule has 3 rings (SSSR count). The molecule has 6 nitrogen and oxygen atoms in total. The van der Waals surface area contributed by atoms with Crippen molar-refractivity contribution in [1.29, 1.82) is 0 Å². The molecule has 0 radical (unpaired) electrons. The molecule has 7 heteroatoms. The number of benzene rings is 2. The number of carbonyl (C=O) groups excluding carboxylic acids is 1. The van der Waals surface area contributed by atoms with E-state index in [9.17, 15) is 14.7 Å². The zero-order valence-electron chi connectivity index (χ0n) is 16.7. The lowest BCUT2D eigenvalue weighted by Gasteiger charge is -2.15. The Balaban J connectivity index is 1.91. The van der Waals surface area contributed by atoms with E-state index in [0.717, 1.165) is 27.7 Å². The van der Waals surface area contributed by atoms with Gasteiger partial charge in [0.05, 0.1) is 17.7 Å². The Bertz CT molecular complexity index is 1100. The SMILES string of the molecule is COC(=O)[C@H](C)Oc1ccc(Cn2c(C)c(C)c3cc(C(=O)O)ccc32)cc1Cl. The maximum atomic E-state index is 11.5. The Morgan fingerprint density at radius 2 is 1.90 bits per heavy atom. The minimum Gasteiger partial charge on any atom is -0.478 e. The summed E-state index contributed by atoms with van der Waals surface area (Å²) in [5.41, 5.74) is 4.28. The van der Waals surface area contributed by atoms with Crippen molar-refractivity contribution in [3.05, 3.63) is 63.8 Å². The van der Waals surface area contributed by atoms with E-state index >= 15 is 0 Å². The van der Waals surface area contributed by atoms with Crippen LogP contribution in [0.2, 0.25) is 5.02 Å². The molecule has 3 aromatic rings. The molecule has 0 unspecified atom stereocenters. The fraction of sp³-hybridized carbons (Fsp3) is 0.273. The molecule has 29 heavy (non-hydrogen) atoms. The maximum absolute atomic E-state index is 11.5. The standard InChI is InChI=1S/C22H22ClNO5/c1-12-13(2)24(19-7-6-16(21(25)26)10-17(12)19)11-15-5-8-20(18(23)9-15)29-14(3)22(27)28-4/h5-10,14H,11H2,1-4H3,(H,25,26)/t14-/m0/s1. The molecule has 0 amide bonds. The van der Waals surface area contributed by atoms with E-state index in [4.69, 9.17) is 16.3 Å². The Labute approximate surface area is 173 Å². The zero-order chi connectivity index (χ0) is 21.3. The van der Waals surface area contributed by atoms with Crippen LogP contribution in [0.3, 0.4) is 0 Å². The number of carbonyl (C=O) groups is 2. The number of aromatic nitrogens is 1. The first kappa shape index (κ1) is 20.7. The highest BCUT2D eigenvalue weighted by molar-refractivity contribution is 6.32. The van der Waals surface area contributed by atoms with Crippen LogP contribution in [0.25, 0.3) is 10.9 Å². The number of aryl methyl sites for hydroxylation is 1. The highest BCUT2D eigenvalue weighted by Gasteiger charge is 2.17. The fourth-order valence-corrected chi connectivity index (χ4v) is 3.56. The number of hydrogen-bond donors (Lipinski definition) is 1. The first-order chi connectivity index (χ1) is 13.7. The van der Waals surface area contributed by atoms with Gasteiger partial charge in [0.25, 0.3) is 0 Å². The van der Waals surface area contributed by atoms with Crippen LogP contribution < -0.4 is 4.74 Å². The molecule has 0 fully saturated rings. The van der Waals surface area contributed by atoms with Crippen molar-refractivity contribution in [1.82, 2.24) is 4.57 Å². The Kier molecular flexibility index (Phi) is 5.84. The van der Waals surface area contributed by atoms with Crippen LogP contribution in [-0.2, 0) is 16.1 Å². The minimum absolute atomic E-state index is 0.266. The largest absolute Gasteiger partial charge is 0.478 e. The molecular formula is C22H22ClNO5. The van der Waals surface area contributed by atoms with Gasteiger partial charge in [-0.05, 0) is 62.2 Å². The van der Waals surface area contributed by atoms with Crippen LogP contribution in [-0.4, -0.2) is 34.8 Å². The van der Waals surface area contributed by atoms with Crippen LogP contribution in [0.4, 0.5) is 0 Å². The fourth-order valence-electron chi connectivity index (χ4n) is 3.31. The summed E-state index contributed by atoms with van der Waals surface area (Å²) in [4.78, 5) is 22.8. The van der Waals surface area contributed by atoms with Crippen molar-refractivity contribution in [2.24, 2.45) is 0 Å². The van der Waals surface area contributed by atoms with Crippen molar-refractivity contribution < 1.29 is 24.2 Å². The van der Waals surface area contributed by atoms with E-state index in [1.807, 2.05) is 26.0 Å². The quantitative estimate of drug-likeness (QED) is 0.595. The normalized spacial score (nSPS) is 12.0. The molecule has 0 saturated heterocycles. The highest BCUT2D eigenvalue weighted by Crippen LogP contribution is 2.30. The summed E-state index contributed by atoms with van der Waals surface area (Å²) < 4.78 is 12.4. The van der Waals surface area contributed by atoms with Crippen LogP contribution in [0.1, 0.15) is 34.1 Å². The van der Waals surface area contributed by atoms with E-state index in [2.05, 4.69) is 9.30 Å². The molecule has 0 bridgehead atoms. The smallest absolute Gasteiger partial charge is 0.346 e. The van der Waals surface area contributed by atoms with E-state index in [1.165, 1.54) is 7.11 Å². The third-order valence-electron chi connectivity index (χ3n) is 5.06. The first-order valence-corrected chi connectivity index (χ1v) is 9.46. The number of aromatic carboxylic acids is 1. The van der Waals surface area contributed by atoms with Gasteiger partial charge in [0, 0.05) is 23.1 Å². The molecule has 1 aromatic heterocycles. The monoisotopic (exact) mass is 415 g/mol. The number of ether oxygens (including phenoxy) is 2. The lowest BCUT2D eigenvalue weighted by atomic mass is 10.1. The zero-order valence-corrected chi connectivity index (χ0v) is 17.4. The number of fused-ring (bicyclic) bond motifs is 1. The van der Waals surface area contributed by atoms with Gasteiger partial charge in [0.2, 0.25) is 0 Å². The van der Waals surface area contributed by atoms with Gasteiger partial charge in [-0.3, -0.25) is 0 Å². The number of rotatable bonds is 6. The Morgan fingerprint density at radius 3 is 2.52 bits per heavy atom. The summed E-state index contributed by atoms with van der Waals surface area (Å²) in [6.07, 6.45) is -0.759. The van der Waals surface area contributed by atoms with Crippen molar-refractivity contribution in [2.75, 3.05) is 7.11 Å². The van der Waals surface area contributed by atoms with Gasteiger partial charge in [-0.1, -0.05) is 17.7 Å². The molecular weight excluding hydrogens is 394 g/mol. The number of methoxy groups -OCH3 is 1. The number of esters is 1. The molecule has 0 aliphatic carbocycles. The van der Waals surface area contributed by atoms with Gasteiger partial charge < -0.3 is 19.1 Å². The summed E-state index contributed by atoms with van der Waals surface area (Å²) in [6.45, 7) is 6.15. The number of hydrogen-bond acceptors (Lipinski definition) is 4. The lowest BCUT2D eigenvalue weighted by molar-refractivity contribution is -0.147. The first-order valence-electron chi connectivity index (χ1n) is 9.08. The predicted octanol–water partition coefficient (Wildman–Crippen LogP) is 4.60. The topological polar surface area (TPSA) is 77.8 Å². The van der Waals surface area contributed by atoms with Gasteiger partial charge in [0.1, 0.15) is 5.75 Å². The Morgan fingerprint density at radius 1 is 1.17 bits per heavy atom. The van der Waals surface area contributed by atoms with Gasteiger partial charge in [-0.15, -0.1) is 0 Å². The van der Waals surface area contributed by atoms with Gasteiger partial charge in [-0.2, -0.15) is 0 Å². The number of nitrogens with zero attached hydrogens (tertiary/aromatic N) is 1. The maximum Gasteiger partial charge on any atom is 0.346 e. The number of carboxylic acid groups (broad SMARTS) is 1. The van der Waals surface area contributed by atoms with E-state index < -0.39 is 18.0 Å². The number of halogens is 1. The van der Waals surface area contributed by atoms with E-state index in [-0.39, 0.29) is 5.56 Å². The van der Waals surface area contributed by atoms with Crippen LogP contribution >= 0.6 is 11.6 Å². The Hall–Kier alpha value is -2.99. The van der Waals surface area contributed by atoms with Crippen molar-refractivity contribution in [2.45, 2.75) is 33.4 Å². The van der Waals surface area contributed by atoms with E-state index in [0.29, 0.717) is 17.3 Å². The van der Waals surface area contributed by atoms with Gasteiger partial charge >= 0.3 is 11.9 Å². The van der Waals surface area contributed by atoms with Gasteiger partial charge in [0.15, 0.2) is 6.10 Å². The van der Waals surface area contributed by atoms with Crippen LogP contribution in [0.15, 0.2) is 36.4 Å². The molecule has 1 N–H and O–H groups in total. The van der Waals surface area contributed by atoms with Crippen molar-refractivity contribution in [3.8, 4) is 5.75 Å². The lowest BCUT2D eigenvalue weighted by Crippen LogP contribution is -2.25. The summed E-state index contributed by atoms with van der Waals surface area (Å²) in [6, 6.07) is 10.6. The van der Waals surface area contributed by atoms with E-state index in [1.54, 1.807) is 31.2 Å². The molecule has 0 aliphatic rings. The van der Waals surface area contributed by atoms with Crippen LogP contribution in [0.5, 0.6) is 5.75 Å². The summed E-state index contributed by atoms with van der Waals surface area (Å²) >= 11 is 6.35. The third-order valence-corrected chi connectivity index (χ3v) is 5.36. The molecule has 152 valence electrons. The van der Waals surface area contributed by atoms with Gasteiger partial charge in [-0.25, -0.2) is 9.59 Å². The molecule has 0 spiro atoms. The molecule has 1 heterocycles. The molecule has 1 atom stereocenters. The number of carboxylic acids is 1. The predicted molar refractivity (Wildman–Crippen MR) is 111 cm³/mol. The summed E-state index contributed by atoms with van der Waals surface area (Å²) in [5.74, 6) is -1.01. The second-order valence-electron chi connectivity index (χ2n) is 6.88. The summed E-state index contributed by atoms with van der Waals surface area (Å²) in [5, 5.41) is 10.6. The minimum atomic E-state index is -0.944. The molecule has 2 aromatic carbocycles. The van der Waals surface area contributed by atoms with Crippen molar-refractivity contribution in [3.63, 3.8) is 0 Å². The van der Waals surface area contributed by atoms with Crippen molar-refractivity contribution >= 4 is 34.4 Å². The highest BCUT2D eigenvalue weighted by atomic mass is 35.5. The summed E-state index contributed by atoms with van der Waals surface area (Å²) in [7, 11) is 1.30. The average Bonchev–Trinajstić information content (AvgIpc) is 2.93. The average molecular weight is 416 g/mol. The van der Waals surface area contributed by atoms with Crippen LogP contribution in [0, 0.1) is 13.8 Å². The molecule has 0 aliphatic heterocycles. The second kappa shape index (κ2) is 8.17. The molecule has 0 saturated carbocycles. The second-order valence-corrected chi connectivity index (χ2v) is 7.29. The third kappa shape index (κ3) is 4.07.